The number of nitrogens with one attached hydrogen (secondary N) is 1. The van der Waals surface area contributed by atoms with E-state index in [0.29, 0.717) is 0 Å². The zero-order valence-electron chi connectivity index (χ0n) is 10.7. The molecule has 0 amide bonds. The highest BCUT2D eigenvalue weighted by molar-refractivity contribution is 5.20. The number of aliphatic hydroxyl groups excluding tert-OH is 2. The standard InChI is InChI=1S/C12H15FN2O5/c1-6(2)12(13)9(18)7(5-16)20-10(12)15-4-3-8(17)14-11(15)19/h3-4,7,9-10,16,18H,1,5H2,2H3,(H,14,17,19)/t7-,9-,10-,12-/m1/s1. The molecule has 1 aliphatic heterocycles. The Morgan fingerprint density at radius 3 is 2.80 bits per heavy atom. The minimum atomic E-state index is -2.45. The van der Waals surface area contributed by atoms with Crippen molar-refractivity contribution in [3.63, 3.8) is 0 Å². The van der Waals surface area contributed by atoms with Gasteiger partial charge in [-0.3, -0.25) is 14.3 Å². The molecule has 0 radical (unpaired) electrons. The third-order valence-electron chi connectivity index (χ3n) is 3.38. The summed E-state index contributed by atoms with van der Waals surface area (Å²) in [4.78, 5) is 24.7. The Hall–Kier alpha value is -1.77. The number of aromatic nitrogens is 2. The number of hydrogen-bond acceptors (Lipinski definition) is 5. The third-order valence-corrected chi connectivity index (χ3v) is 3.38. The van der Waals surface area contributed by atoms with Crippen LogP contribution < -0.4 is 11.2 Å². The molecule has 3 N–H and O–H groups in total. The maximum atomic E-state index is 15.1. The molecule has 1 aromatic rings. The van der Waals surface area contributed by atoms with Gasteiger partial charge in [-0.05, 0) is 12.5 Å². The van der Waals surface area contributed by atoms with Gasteiger partial charge in [0.1, 0.15) is 12.2 Å². The maximum absolute atomic E-state index is 15.1. The number of aromatic amines is 1. The molecule has 0 unspecified atom stereocenters. The Morgan fingerprint density at radius 2 is 2.30 bits per heavy atom. The molecule has 0 bridgehead atoms. The monoisotopic (exact) mass is 286 g/mol. The molecular weight excluding hydrogens is 271 g/mol. The van der Waals surface area contributed by atoms with E-state index in [4.69, 9.17) is 9.84 Å². The average Bonchev–Trinajstić information content (AvgIpc) is 2.64. The van der Waals surface area contributed by atoms with E-state index in [2.05, 4.69) is 6.58 Å². The first kappa shape index (κ1) is 14.6. The van der Waals surface area contributed by atoms with Crippen LogP contribution in [0.1, 0.15) is 13.2 Å². The lowest BCUT2D eigenvalue weighted by atomic mass is 9.89. The van der Waals surface area contributed by atoms with Crippen molar-refractivity contribution >= 4 is 0 Å². The van der Waals surface area contributed by atoms with Gasteiger partial charge in [-0.2, -0.15) is 0 Å². The zero-order valence-corrected chi connectivity index (χ0v) is 10.7. The first-order valence-electron chi connectivity index (χ1n) is 5.93. The summed E-state index contributed by atoms with van der Waals surface area (Å²) in [5.74, 6) is 0. The number of alkyl halides is 1. The number of aliphatic hydroxyl groups is 2. The molecule has 1 aliphatic rings. The molecule has 20 heavy (non-hydrogen) atoms. The van der Waals surface area contributed by atoms with Crippen molar-refractivity contribution in [2.75, 3.05) is 6.61 Å². The molecule has 110 valence electrons. The van der Waals surface area contributed by atoms with Gasteiger partial charge in [-0.1, -0.05) is 6.58 Å². The van der Waals surface area contributed by atoms with Crippen LogP contribution in [0.3, 0.4) is 0 Å². The summed E-state index contributed by atoms with van der Waals surface area (Å²) < 4.78 is 21.1. The summed E-state index contributed by atoms with van der Waals surface area (Å²) in [6, 6.07) is 1.03. The Bertz CT molecular complexity index is 639. The summed E-state index contributed by atoms with van der Waals surface area (Å²) in [6.07, 6.45) is -3.32. The normalized spacial score (nSPS) is 33.3. The van der Waals surface area contributed by atoms with E-state index in [-0.39, 0.29) is 5.57 Å². The Morgan fingerprint density at radius 1 is 1.65 bits per heavy atom. The van der Waals surface area contributed by atoms with E-state index in [1.807, 2.05) is 4.98 Å². The molecule has 1 aromatic heterocycles. The van der Waals surface area contributed by atoms with Gasteiger partial charge in [-0.25, -0.2) is 9.18 Å². The SMILES string of the molecule is C=C(C)[C@@]1(F)[C@H](O)[C@@H](CO)O[C@H]1n1ccc(=O)[nH]c1=O. The molecule has 2 rings (SSSR count). The molecule has 1 fully saturated rings. The number of ether oxygens (including phenoxy) is 1. The van der Waals surface area contributed by atoms with Crippen LogP contribution in [0.15, 0.2) is 34.0 Å². The summed E-state index contributed by atoms with van der Waals surface area (Å²) in [5, 5.41) is 19.0. The Balaban J connectivity index is 2.56. The smallest absolute Gasteiger partial charge is 0.330 e. The fraction of sp³-hybridized carbons (Fsp3) is 0.500. The van der Waals surface area contributed by atoms with E-state index in [1.54, 1.807) is 0 Å². The number of H-pyrrole nitrogens is 1. The number of nitrogens with zero attached hydrogens (tertiary/aromatic N) is 1. The maximum Gasteiger partial charge on any atom is 0.330 e. The van der Waals surface area contributed by atoms with E-state index in [1.165, 1.54) is 6.92 Å². The minimum absolute atomic E-state index is 0.0518. The van der Waals surface area contributed by atoms with Gasteiger partial charge in [0.05, 0.1) is 6.61 Å². The number of halogens is 1. The van der Waals surface area contributed by atoms with Gasteiger partial charge < -0.3 is 14.9 Å². The first-order chi connectivity index (χ1) is 9.32. The number of rotatable bonds is 3. The molecule has 4 atom stereocenters. The fourth-order valence-corrected chi connectivity index (χ4v) is 2.24. The highest BCUT2D eigenvalue weighted by atomic mass is 19.1. The van der Waals surface area contributed by atoms with Crippen molar-refractivity contribution in [2.45, 2.75) is 31.0 Å². The fourth-order valence-electron chi connectivity index (χ4n) is 2.24. The largest absolute Gasteiger partial charge is 0.394 e. The van der Waals surface area contributed by atoms with Gasteiger partial charge in [0.2, 0.25) is 5.67 Å². The van der Waals surface area contributed by atoms with Crippen LogP contribution in [0.4, 0.5) is 4.39 Å². The average molecular weight is 286 g/mol. The van der Waals surface area contributed by atoms with Crippen LogP contribution in [0, 0.1) is 0 Å². The van der Waals surface area contributed by atoms with E-state index < -0.39 is 42.0 Å². The predicted octanol–water partition coefficient (Wildman–Crippen LogP) is -0.928. The van der Waals surface area contributed by atoms with Gasteiger partial charge in [0, 0.05) is 12.3 Å². The van der Waals surface area contributed by atoms with E-state index in [9.17, 15) is 14.7 Å². The van der Waals surface area contributed by atoms with Crippen LogP contribution in [-0.2, 0) is 4.74 Å². The summed E-state index contributed by atoms with van der Waals surface area (Å²) in [5.41, 5.74) is -4.01. The summed E-state index contributed by atoms with van der Waals surface area (Å²) in [7, 11) is 0. The van der Waals surface area contributed by atoms with Gasteiger partial charge in [-0.15, -0.1) is 0 Å². The van der Waals surface area contributed by atoms with Crippen LogP contribution in [0.2, 0.25) is 0 Å². The molecule has 8 heteroatoms. The zero-order chi connectivity index (χ0) is 15.1. The quantitative estimate of drug-likeness (QED) is 0.623. The van der Waals surface area contributed by atoms with Crippen molar-refractivity contribution in [2.24, 2.45) is 0 Å². The molecule has 0 saturated carbocycles. The predicted molar refractivity (Wildman–Crippen MR) is 67.0 cm³/mol. The highest BCUT2D eigenvalue weighted by Crippen LogP contribution is 2.44. The summed E-state index contributed by atoms with van der Waals surface area (Å²) >= 11 is 0. The molecule has 7 nitrogen and oxygen atoms in total. The second-order valence-electron chi connectivity index (χ2n) is 4.72. The first-order valence-corrected chi connectivity index (χ1v) is 5.93. The van der Waals surface area contributed by atoms with Crippen LogP contribution in [0.5, 0.6) is 0 Å². The topological polar surface area (TPSA) is 105 Å². The highest BCUT2D eigenvalue weighted by Gasteiger charge is 2.58. The molecule has 2 heterocycles. The summed E-state index contributed by atoms with van der Waals surface area (Å²) in [6.45, 7) is 4.19. The lowest BCUT2D eigenvalue weighted by molar-refractivity contribution is -0.0573. The van der Waals surface area contributed by atoms with E-state index in [0.717, 1.165) is 16.8 Å². The van der Waals surface area contributed by atoms with E-state index >= 15 is 4.39 Å². The molecular formula is C12H15FN2O5. The third kappa shape index (κ3) is 2.01. The number of hydrogen-bond donors (Lipinski definition) is 3. The van der Waals surface area contributed by atoms with Crippen molar-refractivity contribution in [1.82, 2.24) is 9.55 Å². The molecule has 0 spiro atoms. The van der Waals surface area contributed by atoms with Crippen LogP contribution in [-0.4, -0.2) is 44.2 Å². The molecule has 0 aliphatic carbocycles. The minimum Gasteiger partial charge on any atom is -0.394 e. The second kappa shape index (κ2) is 4.97. The van der Waals surface area contributed by atoms with Gasteiger partial charge in [0.15, 0.2) is 6.23 Å². The Labute approximate surface area is 112 Å². The van der Waals surface area contributed by atoms with Crippen molar-refractivity contribution in [3.8, 4) is 0 Å². The molecule has 0 aromatic carbocycles. The lowest BCUT2D eigenvalue weighted by Crippen LogP contribution is -2.46. The van der Waals surface area contributed by atoms with Crippen LogP contribution >= 0.6 is 0 Å². The second-order valence-corrected chi connectivity index (χ2v) is 4.72. The van der Waals surface area contributed by atoms with Crippen LogP contribution in [0.25, 0.3) is 0 Å². The van der Waals surface area contributed by atoms with Crippen molar-refractivity contribution < 1.29 is 19.3 Å². The molecule has 1 saturated heterocycles. The lowest BCUT2D eigenvalue weighted by Gasteiger charge is -2.29. The van der Waals surface area contributed by atoms with Crippen molar-refractivity contribution in [3.05, 3.63) is 45.3 Å². The van der Waals surface area contributed by atoms with Gasteiger partial charge >= 0.3 is 5.69 Å². The van der Waals surface area contributed by atoms with Crippen molar-refractivity contribution in [1.29, 1.82) is 0 Å². The Kier molecular flexibility index (Phi) is 3.63. The van der Waals surface area contributed by atoms with Gasteiger partial charge in [0.25, 0.3) is 5.56 Å².